The summed E-state index contributed by atoms with van der Waals surface area (Å²) >= 11 is 0. The Kier molecular flexibility index (Phi) is 6.40. The SMILES string of the molecule is COc1ccc(-c2cnc3ncnn3c2N2CCCN(C(=O)CC(C)(C)C)CC2)cc1OC. The Morgan fingerprint density at radius 1 is 1.03 bits per heavy atom. The van der Waals surface area contributed by atoms with Crippen LogP contribution in [0.15, 0.2) is 30.7 Å². The van der Waals surface area contributed by atoms with E-state index in [9.17, 15) is 4.79 Å². The van der Waals surface area contributed by atoms with Crippen molar-refractivity contribution < 1.29 is 14.3 Å². The number of fused-ring (bicyclic) bond motifs is 1. The van der Waals surface area contributed by atoms with Gasteiger partial charge in [0.2, 0.25) is 5.91 Å². The minimum absolute atomic E-state index is 0.0261. The van der Waals surface area contributed by atoms with E-state index in [-0.39, 0.29) is 11.3 Å². The van der Waals surface area contributed by atoms with Gasteiger partial charge in [0.25, 0.3) is 5.78 Å². The fourth-order valence-corrected chi connectivity index (χ4v) is 4.22. The maximum Gasteiger partial charge on any atom is 0.254 e. The number of amides is 1. The van der Waals surface area contributed by atoms with Gasteiger partial charge in [0.05, 0.1) is 14.2 Å². The maximum absolute atomic E-state index is 12.8. The van der Waals surface area contributed by atoms with Gasteiger partial charge in [-0.2, -0.15) is 14.6 Å². The van der Waals surface area contributed by atoms with Gasteiger partial charge >= 0.3 is 0 Å². The van der Waals surface area contributed by atoms with Gasteiger partial charge in [-0.05, 0) is 29.5 Å². The van der Waals surface area contributed by atoms with Crippen LogP contribution in [-0.2, 0) is 4.79 Å². The van der Waals surface area contributed by atoms with Crippen LogP contribution in [0, 0.1) is 5.41 Å². The van der Waals surface area contributed by atoms with Crippen molar-refractivity contribution in [3.8, 4) is 22.6 Å². The van der Waals surface area contributed by atoms with Crippen LogP contribution in [-0.4, -0.2) is 70.8 Å². The molecule has 1 fully saturated rings. The van der Waals surface area contributed by atoms with Crippen LogP contribution in [0.5, 0.6) is 11.5 Å². The number of benzene rings is 1. The first-order valence-electron chi connectivity index (χ1n) is 11.2. The van der Waals surface area contributed by atoms with Crippen LogP contribution in [0.4, 0.5) is 5.82 Å². The van der Waals surface area contributed by atoms with Gasteiger partial charge in [0.1, 0.15) is 12.1 Å². The summed E-state index contributed by atoms with van der Waals surface area (Å²) in [7, 11) is 3.25. The number of carbonyl (C=O) groups excluding carboxylic acids is 1. The van der Waals surface area contributed by atoms with Crippen molar-refractivity contribution in [2.24, 2.45) is 5.41 Å². The monoisotopic (exact) mass is 452 g/mol. The molecule has 2 aromatic heterocycles. The zero-order valence-corrected chi connectivity index (χ0v) is 20.0. The fraction of sp³-hybridized carbons (Fsp3) is 0.500. The predicted molar refractivity (Wildman–Crippen MR) is 127 cm³/mol. The van der Waals surface area contributed by atoms with Crippen LogP contribution in [0.2, 0.25) is 0 Å². The van der Waals surface area contributed by atoms with Crippen molar-refractivity contribution in [2.45, 2.75) is 33.6 Å². The van der Waals surface area contributed by atoms with Gasteiger partial charge in [-0.15, -0.1) is 0 Å². The molecule has 9 heteroatoms. The van der Waals surface area contributed by atoms with E-state index in [0.717, 1.165) is 36.5 Å². The molecule has 1 aliphatic rings. The summed E-state index contributed by atoms with van der Waals surface area (Å²) < 4.78 is 12.7. The molecular weight excluding hydrogens is 420 g/mol. The molecule has 1 aromatic carbocycles. The smallest absolute Gasteiger partial charge is 0.254 e. The second-order valence-corrected chi connectivity index (χ2v) is 9.50. The summed E-state index contributed by atoms with van der Waals surface area (Å²) in [6.07, 6.45) is 4.77. The number of anilines is 1. The molecule has 3 aromatic rings. The summed E-state index contributed by atoms with van der Waals surface area (Å²) in [5.74, 6) is 2.98. The van der Waals surface area contributed by atoms with Crippen molar-refractivity contribution in [1.82, 2.24) is 24.5 Å². The Morgan fingerprint density at radius 3 is 2.55 bits per heavy atom. The van der Waals surface area contributed by atoms with Crippen molar-refractivity contribution in [3.63, 3.8) is 0 Å². The largest absolute Gasteiger partial charge is 0.493 e. The van der Waals surface area contributed by atoms with Gasteiger partial charge in [-0.1, -0.05) is 26.8 Å². The minimum atomic E-state index is -0.0261. The lowest BCUT2D eigenvalue weighted by atomic mass is 9.91. The zero-order valence-electron chi connectivity index (χ0n) is 20.0. The average molecular weight is 453 g/mol. The highest BCUT2D eigenvalue weighted by Crippen LogP contribution is 2.36. The molecule has 0 radical (unpaired) electrons. The van der Waals surface area contributed by atoms with Gasteiger partial charge in [-0.25, -0.2) is 4.98 Å². The third kappa shape index (κ3) is 4.86. The quantitative estimate of drug-likeness (QED) is 0.587. The number of hydrogen-bond donors (Lipinski definition) is 0. The van der Waals surface area contributed by atoms with E-state index in [2.05, 4.69) is 40.7 Å². The van der Waals surface area contributed by atoms with E-state index in [0.29, 0.717) is 36.8 Å². The van der Waals surface area contributed by atoms with Crippen LogP contribution < -0.4 is 14.4 Å². The highest BCUT2D eigenvalue weighted by Gasteiger charge is 2.26. The summed E-state index contributed by atoms with van der Waals surface area (Å²) in [6.45, 7) is 9.23. The number of ether oxygens (including phenoxy) is 2. The summed E-state index contributed by atoms with van der Waals surface area (Å²) in [5.41, 5.74) is 1.84. The molecule has 9 nitrogen and oxygen atoms in total. The lowest BCUT2D eigenvalue weighted by molar-refractivity contribution is -0.132. The van der Waals surface area contributed by atoms with Gasteiger partial charge in [0, 0.05) is 44.4 Å². The lowest BCUT2D eigenvalue weighted by Gasteiger charge is -2.27. The first-order chi connectivity index (χ1) is 15.8. The molecule has 1 saturated heterocycles. The molecule has 0 unspecified atom stereocenters. The van der Waals surface area contributed by atoms with Crippen LogP contribution in [0.3, 0.4) is 0 Å². The molecule has 1 aliphatic heterocycles. The third-order valence-electron chi connectivity index (χ3n) is 5.80. The summed E-state index contributed by atoms with van der Waals surface area (Å²) in [5, 5.41) is 4.45. The van der Waals surface area contributed by atoms with Gasteiger partial charge in [0.15, 0.2) is 11.5 Å². The van der Waals surface area contributed by atoms with Gasteiger partial charge < -0.3 is 19.3 Å². The number of nitrogens with zero attached hydrogens (tertiary/aromatic N) is 6. The number of methoxy groups -OCH3 is 2. The molecule has 0 atom stereocenters. The molecule has 0 saturated carbocycles. The van der Waals surface area contributed by atoms with E-state index in [4.69, 9.17) is 9.47 Å². The van der Waals surface area contributed by atoms with E-state index in [1.54, 1.807) is 18.7 Å². The first-order valence-corrected chi connectivity index (χ1v) is 11.2. The molecule has 1 amide bonds. The lowest BCUT2D eigenvalue weighted by Crippen LogP contribution is -2.37. The molecule has 4 rings (SSSR count). The normalized spacial score (nSPS) is 14.9. The molecular formula is C24H32N6O3. The Labute approximate surface area is 194 Å². The van der Waals surface area contributed by atoms with Crippen LogP contribution in [0.1, 0.15) is 33.6 Å². The van der Waals surface area contributed by atoms with E-state index >= 15 is 0 Å². The molecule has 176 valence electrons. The molecule has 0 bridgehead atoms. The third-order valence-corrected chi connectivity index (χ3v) is 5.80. The highest BCUT2D eigenvalue weighted by molar-refractivity contribution is 5.79. The van der Waals surface area contributed by atoms with E-state index in [1.165, 1.54) is 6.33 Å². The standard InChI is InChI=1S/C24H32N6O3/c1-24(2,3)14-21(31)28-9-6-10-29(12-11-28)22-18(15-25-23-26-16-27-30(22)23)17-7-8-19(32-4)20(13-17)33-5/h7-8,13,15-16H,6,9-12,14H2,1-5H3. The number of aromatic nitrogens is 4. The predicted octanol–water partition coefficient (Wildman–Crippen LogP) is 3.28. The Bertz CT molecular complexity index is 1140. The van der Waals surface area contributed by atoms with E-state index < -0.39 is 0 Å². The molecule has 0 spiro atoms. The molecule has 33 heavy (non-hydrogen) atoms. The van der Waals surface area contributed by atoms with Crippen molar-refractivity contribution >= 4 is 17.5 Å². The minimum Gasteiger partial charge on any atom is -0.493 e. The van der Waals surface area contributed by atoms with Crippen LogP contribution in [0.25, 0.3) is 16.9 Å². The second-order valence-electron chi connectivity index (χ2n) is 9.50. The Morgan fingerprint density at radius 2 is 1.82 bits per heavy atom. The zero-order chi connectivity index (χ0) is 23.6. The van der Waals surface area contributed by atoms with Crippen molar-refractivity contribution in [3.05, 3.63) is 30.7 Å². The first kappa shape index (κ1) is 22.8. The Hall–Kier alpha value is -3.36. The molecule has 0 aliphatic carbocycles. The average Bonchev–Trinajstić information content (AvgIpc) is 3.13. The maximum atomic E-state index is 12.8. The van der Waals surface area contributed by atoms with Crippen molar-refractivity contribution in [1.29, 1.82) is 0 Å². The van der Waals surface area contributed by atoms with E-state index in [1.807, 2.05) is 29.3 Å². The highest BCUT2D eigenvalue weighted by atomic mass is 16.5. The van der Waals surface area contributed by atoms with Gasteiger partial charge in [-0.3, -0.25) is 4.79 Å². The Balaban J connectivity index is 1.69. The molecule has 0 N–H and O–H groups in total. The number of hydrogen-bond acceptors (Lipinski definition) is 7. The van der Waals surface area contributed by atoms with Crippen LogP contribution >= 0.6 is 0 Å². The fourth-order valence-electron chi connectivity index (χ4n) is 4.22. The topological polar surface area (TPSA) is 85.1 Å². The number of rotatable bonds is 5. The summed E-state index contributed by atoms with van der Waals surface area (Å²) in [6, 6.07) is 5.82. The second kappa shape index (κ2) is 9.25. The van der Waals surface area contributed by atoms with Crippen molar-refractivity contribution in [2.75, 3.05) is 45.3 Å². The molecule has 3 heterocycles. The number of carbonyl (C=O) groups is 1. The summed E-state index contributed by atoms with van der Waals surface area (Å²) in [4.78, 5) is 25.9.